The van der Waals surface area contributed by atoms with Crippen molar-refractivity contribution in [3.8, 4) is 11.3 Å². The number of amides is 2. The normalized spacial score (nSPS) is 14.4. The molecule has 0 unspecified atom stereocenters. The van der Waals surface area contributed by atoms with E-state index in [-0.39, 0.29) is 17.7 Å². The van der Waals surface area contributed by atoms with Crippen LogP contribution in [-0.4, -0.2) is 45.9 Å². The third-order valence-corrected chi connectivity index (χ3v) is 5.69. The first kappa shape index (κ1) is 20.0. The molecule has 2 amide bonds. The molecule has 1 aliphatic heterocycles. The third-order valence-electron chi connectivity index (χ3n) is 5.69. The first-order valence-corrected chi connectivity index (χ1v) is 10.5. The Morgan fingerprint density at radius 2 is 1.94 bits per heavy atom. The topological polar surface area (TPSA) is 117 Å². The zero-order chi connectivity index (χ0) is 22.4. The minimum Gasteiger partial charge on any atom is -0.366 e. The predicted molar refractivity (Wildman–Crippen MR) is 121 cm³/mol. The first-order chi connectivity index (χ1) is 15.4. The summed E-state index contributed by atoms with van der Waals surface area (Å²) in [5.74, 6) is 0.159. The molecule has 1 fully saturated rings. The summed E-state index contributed by atoms with van der Waals surface area (Å²) >= 11 is 0. The number of aromatic nitrogens is 4. The summed E-state index contributed by atoms with van der Waals surface area (Å²) in [4.78, 5) is 32.6. The van der Waals surface area contributed by atoms with Gasteiger partial charge in [0.15, 0.2) is 0 Å². The van der Waals surface area contributed by atoms with Crippen molar-refractivity contribution in [2.45, 2.75) is 19.4 Å². The van der Waals surface area contributed by atoms with E-state index in [9.17, 15) is 9.59 Å². The van der Waals surface area contributed by atoms with Crippen LogP contribution in [0, 0.1) is 5.92 Å². The summed E-state index contributed by atoms with van der Waals surface area (Å²) < 4.78 is 0. The molecule has 1 aliphatic carbocycles. The van der Waals surface area contributed by atoms with Crippen molar-refractivity contribution < 1.29 is 9.59 Å². The summed E-state index contributed by atoms with van der Waals surface area (Å²) in [5.41, 5.74) is 5.44. The number of aryl methyl sites for hydroxylation is 1. The smallest absolute Gasteiger partial charge is 0.254 e. The summed E-state index contributed by atoms with van der Waals surface area (Å²) in [6, 6.07) is 7.60. The van der Waals surface area contributed by atoms with E-state index in [4.69, 9.17) is 0 Å². The number of hydrogen-bond acceptors (Lipinski definition) is 7. The van der Waals surface area contributed by atoms with Gasteiger partial charge >= 0.3 is 0 Å². The molecule has 3 N–H and O–H groups in total. The highest BCUT2D eigenvalue weighted by Crippen LogP contribution is 2.42. The lowest BCUT2D eigenvalue weighted by atomic mass is 10.0. The number of pyridine rings is 1. The molecule has 1 saturated carbocycles. The van der Waals surface area contributed by atoms with Crippen molar-refractivity contribution in [1.29, 1.82) is 0 Å². The molecular weight excluding hydrogens is 408 g/mol. The zero-order valence-corrected chi connectivity index (χ0v) is 18.1. The van der Waals surface area contributed by atoms with E-state index in [1.807, 2.05) is 32.3 Å². The van der Waals surface area contributed by atoms with Crippen LogP contribution in [0.5, 0.6) is 0 Å². The van der Waals surface area contributed by atoms with Gasteiger partial charge in [0.25, 0.3) is 5.91 Å². The zero-order valence-electron chi connectivity index (χ0n) is 18.1. The Hall–Kier alpha value is -3.95. The van der Waals surface area contributed by atoms with Crippen LogP contribution in [0.2, 0.25) is 0 Å². The van der Waals surface area contributed by atoms with Gasteiger partial charge in [0, 0.05) is 44.9 Å². The molecule has 3 heterocycles. The Morgan fingerprint density at radius 3 is 2.69 bits per heavy atom. The summed E-state index contributed by atoms with van der Waals surface area (Å²) in [6.07, 6.45) is 3.28. The van der Waals surface area contributed by atoms with Crippen LogP contribution in [0.1, 0.15) is 28.9 Å². The molecule has 0 radical (unpaired) electrons. The second-order valence-corrected chi connectivity index (χ2v) is 8.13. The number of anilines is 4. The maximum absolute atomic E-state index is 12.5. The fourth-order valence-electron chi connectivity index (χ4n) is 3.97. The van der Waals surface area contributed by atoms with Gasteiger partial charge in [0.1, 0.15) is 17.2 Å². The van der Waals surface area contributed by atoms with Crippen molar-refractivity contribution >= 4 is 34.7 Å². The van der Waals surface area contributed by atoms with Crippen molar-refractivity contribution in [2.24, 2.45) is 13.0 Å². The number of carbonyl (C=O) groups is 2. The Balaban J connectivity index is 1.55. The van der Waals surface area contributed by atoms with Crippen LogP contribution in [0.4, 0.5) is 22.9 Å². The van der Waals surface area contributed by atoms with E-state index in [1.54, 1.807) is 17.9 Å². The van der Waals surface area contributed by atoms with Crippen LogP contribution >= 0.6 is 0 Å². The van der Waals surface area contributed by atoms with Gasteiger partial charge in [-0.15, -0.1) is 0 Å². The van der Waals surface area contributed by atoms with Gasteiger partial charge in [-0.05, 0) is 18.9 Å². The Bertz CT molecular complexity index is 1230. The Labute approximate surface area is 185 Å². The number of carbonyl (C=O) groups excluding carboxylic acids is 2. The lowest BCUT2D eigenvalue weighted by molar-refractivity contribution is -0.117. The number of para-hydroxylation sites is 1. The second kappa shape index (κ2) is 7.63. The number of fused-ring (bicyclic) bond motifs is 3. The molecule has 0 atom stereocenters. The van der Waals surface area contributed by atoms with E-state index in [0.717, 1.165) is 41.2 Å². The van der Waals surface area contributed by atoms with Gasteiger partial charge in [0.2, 0.25) is 5.91 Å². The van der Waals surface area contributed by atoms with Crippen molar-refractivity contribution in [1.82, 2.24) is 25.3 Å². The predicted octanol–water partition coefficient (Wildman–Crippen LogP) is 2.28. The van der Waals surface area contributed by atoms with E-state index < -0.39 is 0 Å². The molecule has 3 aromatic rings. The number of nitrogens with zero attached hydrogens (tertiary/aromatic N) is 5. The SMILES string of the molecule is CNC(=O)c1cnc(NC(=O)C2CC2)cc1Nc1cccc2c1N(C)Cc1nn(C)nc1-2. The highest BCUT2D eigenvalue weighted by atomic mass is 16.2. The van der Waals surface area contributed by atoms with Crippen molar-refractivity contribution in [3.63, 3.8) is 0 Å². The lowest BCUT2D eigenvalue weighted by Crippen LogP contribution is -2.23. The largest absolute Gasteiger partial charge is 0.366 e. The number of rotatable bonds is 5. The van der Waals surface area contributed by atoms with E-state index in [0.29, 0.717) is 23.6 Å². The minimum absolute atomic E-state index is 0.0388. The van der Waals surface area contributed by atoms with Crippen LogP contribution in [0.3, 0.4) is 0 Å². The summed E-state index contributed by atoms with van der Waals surface area (Å²) in [5, 5.41) is 17.9. The van der Waals surface area contributed by atoms with Crippen molar-refractivity contribution in [3.05, 3.63) is 41.7 Å². The minimum atomic E-state index is -0.269. The summed E-state index contributed by atoms with van der Waals surface area (Å²) in [7, 11) is 5.38. The standard InChI is InChI=1S/C22H24N8O2/c1-23-22(32)14-10-24-18(26-21(31)12-7-8-12)9-16(14)25-15-6-4-5-13-19-17(27-30(3)28-19)11-29(2)20(13)15/h4-6,9-10,12H,7-8,11H2,1-3H3,(H,23,32)(H2,24,25,26,31). The molecule has 0 spiro atoms. The number of nitrogens with one attached hydrogen (secondary N) is 3. The number of hydrogen-bond donors (Lipinski definition) is 3. The second-order valence-electron chi connectivity index (χ2n) is 8.13. The monoisotopic (exact) mass is 432 g/mol. The van der Waals surface area contributed by atoms with Crippen LogP contribution < -0.4 is 20.9 Å². The average Bonchev–Trinajstić information content (AvgIpc) is 3.56. The molecular formula is C22H24N8O2. The molecule has 0 bridgehead atoms. The van der Waals surface area contributed by atoms with Crippen LogP contribution in [-0.2, 0) is 18.4 Å². The quantitative estimate of drug-likeness (QED) is 0.566. The average molecular weight is 432 g/mol. The third kappa shape index (κ3) is 3.53. The molecule has 32 heavy (non-hydrogen) atoms. The van der Waals surface area contributed by atoms with E-state index in [1.165, 1.54) is 6.20 Å². The molecule has 2 aliphatic rings. The first-order valence-electron chi connectivity index (χ1n) is 10.5. The van der Waals surface area contributed by atoms with E-state index in [2.05, 4.69) is 36.0 Å². The Morgan fingerprint density at radius 1 is 1.12 bits per heavy atom. The molecule has 1 aromatic carbocycles. The van der Waals surface area contributed by atoms with Crippen LogP contribution in [0.25, 0.3) is 11.3 Å². The van der Waals surface area contributed by atoms with Gasteiger partial charge < -0.3 is 20.9 Å². The van der Waals surface area contributed by atoms with Gasteiger partial charge in [-0.2, -0.15) is 15.0 Å². The van der Waals surface area contributed by atoms with Gasteiger partial charge in [-0.1, -0.05) is 12.1 Å². The molecule has 5 rings (SSSR count). The maximum Gasteiger partial charge on any atom is 0.254 e. The van der Waals surface area contributed by atoms with Crippen molar-refractivity contribution in [2.75, 3.05) is 29.6 Å². The highest BCUT2D eigenvalue weighted by Gasteiger charge is 2.30. The molecule has 0 saturated heterocycles. The molecule has 2 aromatic heterocycles. The molecule has 10 heteroatoms. The fraction of sp³-hybridized carbons (Fsp3) is 0.318. The lowest BCUT2D eigenvalue weighted by Gasteiger charge is -2.29. The molecule has 164 valence electrons. The van der Waals surface area contributed by atoms with E-state index >= 15 is 0 Å². The van der Waals surface area contributed by atoms with Gasteiger partial charge in [0.05, 0.1) is 29.2 Å². The highest BCUT2D eigenvalue weighted by molar-refractivity contribution is 6.02. The maximum atomic E-state index is 12.5. The van der Waals surface area contributed by atoms with Gasteiger partial charge in [-0.3, -0.25) is 9.59 Å². The summed E-state index contributed by atoms with van der Waals surface area (Å²) in [6.45, 7) is 0.621. The Kier molecular flexibility index (Phi) is 4.76. The van der Waals surface area contributed by atoms with Gasteiger partial charge in [-0.25, -0.2) is 4.98 Å². The van der Waals surface area contributed by atoms with Crippen LogP contribution in [0.15, 0.2) is 30.5 Å². The molecule has 10 nitrogen and oxygen atoms in total. The number of benzene rings is 1. The fourth-order valence-corrected chi connectivity index (χ4v) is 3.97.